The van der Waals surface area contributed by atoms with E-state index in [-0.39, 0.29) is 5.69 Å². The quantitative estimate of drug-likeness (QED) is 0.795. The van der Waals surface area contributed by atoms with Gasteiger partial charge in [0.05, 0.1) is 5.69 Å². The van der Waals surface area contributed by atoms with Crippen molar-refractivity contribution in [3.05, 3.63) is 57.0 Å². The normalized spacial score (nSPS) is 11.4. The molecule has 0 aromatic heterocycles. The molecular weight excluding hydrogens is 420 g/mol. The van der Waals surface area contributed by atoms with E-state index in [0.29, 0.717) is 8.95 Å². The van der Waals surface area contributed by atoms with Gasteiger partial charge in [0.2, 0.25) is 0 Å². The highest BCUT2D eigenvalue weighted by Crippen LogP contribution is 2.27. The van der Waals surface area contributed by atoms with E-state index in [1.54, 1.807) is 0 Å². The third-order valence-electron chi connectivity index (χ3n) is 2.36. The van der Waals surface area contributed by atoms with Crippen molar-refractivity contribution in [2.24, 2.45) is 0 Å². The van der Waals surface area contributed by atoms with Gasteiger partial charge in [-0.2, -0.15) is 0 Å². The molecule has 20 heavy (non-hydrogen) atoms. The molecular formula is C12H7Br2F2NO2S. The van der Waals surface area contributed by atoms with E-state index in [2.05, 4.69) is 36.6 Å². The van der Waals surface area contributed by atoms with E-state index >= 15 is 0 Å². The largest absolute Gasteiger partial charge is 0.278 e. The molecule has 0 aliphatic heterocycles. The van der Waals surface area contributed by atoms with Crippen LogP contribution in [0, 0.1) is 11.6 Å². The molecule has 1 N–H and O–H groups in total. The molecule has 0 bridgehead atoms. The smallest absolute Gasteiger partial charge is 0.264 e. The summed E-state index contributed by atoms with van der Waals surface area (Å²) in [5, 5.41) is 0. The zero-order chi connectivity index (χ0) is 14.9. The second-order valence-electron chi connectivity index (χ2n) is 3.80. The van der Waals surface area contributed by atoms with Crippen LogP contribution in [-0.2, 0) is 10.0 Å². The molecule has 2 aromatic rings. The van der Waals surface area contributed by atoms with Gasteiger partial charge < -0.3 is 0 Å². The fourth-order valence-electron chi connectivity index (χ4n) is 1.47. The van der Waals surface area contributed by atoms with Gasteiger partial charge >= 0.3 is 0 Å². The molecule has 0 atom stereocenters. The van der Waals surface area contributed by atoms with Gasteiger partial charge in [0.25, 0.3) is 10.0 Å². The van der Waals surface area contributed by atoms with Crippen molar-refractivity contribution in [3.8, 4) is 0 Å². The number of rotatable bonds is 3. The first-order valence-electron chi connectivity index (χ1n) is 5.22. The van der Waals surface area contributed by atoms with Gasteiger partial charge in [-0.05, 0) is 52.3 Å². The summed E-state index contributed by atoms with van der Waals surface area (Å²) in [5.41, 5.74) is -0.00711. The molecule has 0 fully saturated rings. The zero-order valence-corrected chi connectivity index (χ0v) is 13.7. The Morgan fingerprint density at radius 2 is 1.70 bits per heavy atom. The van der Waals surface area contributed by atoms with E-state index in [9.17, 15) is 17.2 Å². The maximum atomic E-state index is 13.7. The van der Waals surface area contributed by atoms with Gasteiger partial charge in [-0.3, -0.25) is 4.72 Å². The monoisotopic (exact) mass is 425 g/mol. The van der Waals surface area contributed by atoms with Crippen molar-refractivity contribution in [1.29, 1.82) is 0 Å². The lowest BCUT2D eigenvalue weighted by atomic mass is 10.3. The average Bonchev–Trinajstić information content (AvgIpc) is 2.33. The van der Waals surface area contributed by atoms with Gasteiger partial charge in [0, 0.05) is 8.95 Å². The van der Waals surface area contributed by atoms with Gasteiger partial charge in [0.15, 0.2) is 0 Å². The van der Waals surface area contributed by atoms with Crippen molar-refractivity contribution < 1.29 is 17.2 Å². The SMILES string of the molecule is O=S(=O)(Nc1cc(F)ccc1Br)c1ccc(Br)cc1F. The van der Waals surface area contributed by atoms with Crippen molar-refractivity contribution >= 4 is 47.6 Å². The maximum absolute atomic E-state index is 13.7. The van der Waals surface area contributed by atoms with Crippen LogP contribution in [0.2, 0.25) is 0 Å². The molecule has 0 saturated heterocycles. The predicted molar refractivity (Wildman–Crippen MR) is 79.0 cm³/mol. The predicted octanol–water partition coefficient (Wildman–Crippen LogP) is 4.29. The van der Waals surface area contributed by atoms with Crippen LogP contribution in [0.4, 0.5) is 14.5 Å². The van der Waals surface area contributed by atoms with Gasteiger partial charge in [-0.1, -0.05) is 15.9 Å². The molecule has 0 amide bonds. The zero-order valence-electron chi connectivity index (χ0n) is 9.70. The van der Waals surface area contributed by atoms with Crippen LogP contribution in [-0.4, -0.2) is 8.42 Å². The first-order valence-corrected chi connectivity index (χ1v) is 8.29. The van der Waals surface area contributed by atoms with E-state index in [4.69, 9.17) is 0 Å². The lowest BCUT2D eigenvalue weighted by Gasteiger charge is -2.10. The Morgan fingerprint density at radius 1 is 1.00 bits per heavy atom. The Balaban J connectivity index is 2.43. The van der Waals surface area contributed by atoms with Crippen LogP contribution in [0.3, 0.4) is 0 Å². The lowest BCUT2D eigenvalue weighted by molar-refractivity contribution is 0.570. The summed E-state index contributed by atoms with van der Waals surface area (Å²) in [5.74, 6) is -1.51. The lowest BCUT2D eigenvalue weighted by Crippen LogP contribution is -2.15. The molecule has 8 heteroatoms. The number of hydrogen-bond donors (Lipinski definition) is 1. The summed E-state index contributed by atoms with van der Waals surface area (Å²) in [6.07, 6.45) is 0. The molecule has 0 saturated carbocycles. The van der Waals surface area contributed by atoms with E-state index < -0.39 is 26.6 Å². The summed E-state index contributed by atoms with van der Waals surface area (Å²) in [4.78, 5) is -0.517. The fourth-order valence-corrected chi connectivity index (χ4v) is 3.41. The fraction of sp³-hybridized carbons (Fsp3) is 0. The third-order valence-corrected chi connectivity index (χ3v) is 4.94. The third kappa shape index (κ3) is 3.36. The molecule has 0 heterocycles. The van der Waals surface area contributed by atoms with Crippen LogP contribution >= 0.6 is 31.9 Å². The van der Waals surface area contributed by atoms with Crippen LogP contribution in [0.15, 0.2) is 50.2 Å². The second kappa shape index (κ2) is 5.79. The second-order valence-corrected chi connectivity index (χ2v) is 7.23. The molecule has 0 aliphatic carbocycles. The number of sulfonamides is 1. The maximum Gasteiger partial charge on any atom is 0.264 e. The minimum absolute atomic E-state index is 0.00711. The summed E-state index contributed by atoms with van der Waals surface area (Å²) in [6, 6.07) is 7.08. The highest BCUT2D eigenvalue weighted by Gasteiger charge is 2.20. The minimum atomic E-state index is -4.14. The minimum Gasteiger partial charge on any atom is -0.278 e. The van der Waals surface area contributed by atoms with Crippen molar-refractivity contribution in [2.45, 2.75) is 4.90 Å². The molecule has 106 valence electrons. The number of halogens is 4. The Morgan fingerprint density at radius 3 is 2.35 bits per heavy atom. The number of nitrogens with one attached hydrogen (secondary N) is 1. The van der Waals surface area contributed by atoms with Crippen LogP contribution in [0.25, 0.3) is 0 Å². The first-order chi connectivity index (χ1) is 9.29. The summed E-state index contributed by atoms with van der Waals surface area (Å²) < 4.78 is 53.9. The van der Waals surface area contributed by atoms with Gasteiger partial charge in [0.1, 0.15) is 16.5 Å². The number of anilines is 1. The summed E-state index contributed by atoms with van der Waals surface area (Å²) in [6.45, 7) is 0. The molecule has 0 radical (unpaired) electrons. The Hall–Kier alpha value is -0.990. The highest BCUT2D eigenvalue weighted by atomic mass is 79.9. The molecule has 3 nitrogen and oxygen atoms in total. The Bertz CT molecular complexity index is 766. The van der Waals surface area contributed by atoms with E-state index in [0.717, 1.165) is 18.2 Å². The molecule has 2 aromatic carbocycles. The average molecular weight is 427 g/mol. The molecule has 0 aliphatic rings. The standard InChI is InChI=1S/C12H7Br2F2NO2S/c13-7-1-4-12(10(16)5-7)20(18,19)17-11-6-8(15)2-3-9(11)14/h1-6,17H. The molecule has 0 unspecified atom stereocenters. The van der Waals surface area contributed by atoms with Crippen molar-refractivity contribution in [2.75, 3.05) is 4.72 Å². The van der Waals surface area contributed by atoms with Gasteiger partial charge in [-0.25, -0.2) is 17.2 Å². The van der Waals surface area contributed by atoms with Crippen LogP contribution in [0.5, 0.6) is 0 Å². The van der Waals surface area contributed by atoms with Crippen molar-refractivity contribution in [1.82, 2.24) is 0 Å². The number of benzene rings is 2. The molecule has 0 spiro atoms. The number of hydrogen-bond acceptors (Lipinski definition) is 2. The van der Waals surface area contributed by atoms with Crippen LogP contribution in [0.1, 0.15) is 0 Å². The Kier molecular flexibility index (Phi) is 4.46. The van der Waals surface area contributed by atoms with E-state index in [1.807, 2.05) is 0 Å². The molecule has 2 rings (SSSR count). The topological polar surface area (TPSA) is 46.2 Å². The van der Waals surface area contributed by atoms with Gasteiger partial charge in [-0.15, -0.1) is 0 Å². The Labute approximate surface area is 131 Å². The van der Waals surface area contributed by atoms with Crippen molar-refractivity contribution in [3.63, 3.8) is 0 Å². The van der Waals surface area contributed by atoms with E-state index in [1.165, 1.54) is 18.2 Å². The highest BCUT2D eigenvalue weighted by molar-refractivity contribution is 9.10. The first kappa shape index (κ1) is 15.4. The van der Waals surface area contributed by atoms with Crippen LogP contribution < -0.4 is 4.72 Å². The summed E-state index contributed by atoms with van der Waals surface area (Å²) in [7, 11) is -4.14. The summed E-state index contributed by atoms with van der Waals surface area (Å²) >= 11 is 6.13.